The maximum absolute atomic E-state index is 14.4. The Hall–Kier alpha value is -3.95. The lowest BCUT2D eigenvalue weighted by Gasteiger charge is -2.16. The van der Waals surface area contributed by atoms with Gasteiger partial charge >= 0.3 is 17.8 Å². The number of ether oxygens (including phenoxy) is 2. The van der Waals surface area contributed by atoms with Crippen LogP contribution in [0.1, 0.15) is 23.0 Å². The molecule has 1 amide bonds. The number of hydrogen-bond donors (Lipinski definition) is 2. The summed E-state index contributed by atoms with van der Waals surface area (Å²) in [7, 11) is 1.51. The molecule has 162 valence electrons. The van der Waals surface area contributed by atoms with Gasteiger partial charge in [-0.05, 0) is 31.2 Å². The SMILES string of the molecule is CCOC(=O)c1nc(-c2ccc(OC)cc2)oc1NNC(=O)C(F)(F)c1ccccc1. The lowest BCUT2D eigenvalue weighted by atomic mass is 10.1. The Morgan fingerprint density at radius 1 is 1.10 bits per heavy atom. The Labute approximate surface area is 176 Å². The molecular formula is C21H19F2N3O5. The van der Waals surface area contributed by atoms with Gasteiger partial charge in [0.05, 0.1) is 13.7 Å². The molecule has 1 aromatic heterocycles. The van der Waals surface area contributed by atoms with Crippen molar-refractivity contribution >= 4 is 17.8 Å². The smallest absolute Gasteiger partial charge is 0.362 e. The fourth-order valence-electron chi connectivity index (χ4n) is 2.57. The third-order valence-electron chi connectivity index (χ3n) is 4.14. The number of carbonyl (C=O) groups is 2. The van der Waals surface area contributed by atoms with Gasteiger partial charge in [-0.1, -0.05) is 30.3 Å². The molecule has 0 unspecified atom stereocenters. The molecule has 0 spiro atoms. The van der Waals surface area contributed by atoms with E-state index in [0.29, 0.717) is 11.3 Å². The number of esters is 1. The van der Waals surface area contributed by atoms with Gasteiger partial charge in [-0.3, -0.25) is 15.6 Å². The summed E-state index contributed by atoms with van der Waals surface area (Å²) in [5.41, 5.74) is 3.75. The van der Waals surface area contributed by atoms with Gasteiger partial charge in [0.1, 0.15) is 5.75 Å². The average molecular weight is 431 g/mol. The van der Waals surface area contributed by atoms with Crippen LogP contribution >= 0.6 is 0 Å². The number of rotatable bonds is 8. The van der Waals surface area contributed by atoms with E-state index in [1.54, 1.807) is 37.3 Å². The molecular weight excluding hydrogens is 412 g/mol. The lowest BCUT2D eigenvalue weighted by molar-refractivity contribution is -0.146. The minimum Gasteiger partial charge on any atom is -0.497 e. The quantitative estimate of drug-likeness (QED) is 0.414. The highest BCUT2D eigenvalue weighted by molar-refractivity contribution is 5.93. The molecule has 0 bridgehead atoms. The van der Waals surface area contributed by atoms with E-state index in [-0.39, 0.29) is 24.1 Å². The van der Waals surface area contributed by atoms with Gasteiger partial charge in [0.2, 0.25) is 17.5 Å². The molecule has 2 N–H and O–H groups in total. The fraction of sp³-hybridized carbons (Fsp3) is 0.190. The van der Waals surface area contributed by atoms with Gasteiger partial charge in [0.25, 0.3) is 0 Å². The minimum absolute atomic E-state index is 0.0114. The molecule has 1 heterocycles. The number of hydrogen-bond acceptors (Lipinski definition) is 7. The first-order valence-corrected chi connectivity index (χ1v) is 9.19. The average Bonchev–Trinajstić information content (AvgIpc) is 3.22. The second kappa shape index (κ2) is 9.24. The molecule has 0 saturated carbocycles. The largest absolute Gasteiger partial charge is 0.497 e. The van der Waals surface area contributed by atoms with Crippen LogP contribution < -0.4 is 15.6 Å². The van der Waals surface area contributed by atoms with Crippen molar-refractivity contribution in [2.45, 2.75) is 12.8 Å². The molecule has 0 atom stereocenters. The van der Waals surface area contributed by atoms with E-state index in [0.717, 1.165) is 12.1 Å². The summed E-state index contributed by atoms with van der Waals surface area (Å²) in [6.45, 7) is 1.65. The van der Waals surface area contributed by atoms with Crippen LogP contribution in [0.2, 0.25) is 0 Å². The summed E-state index contributed by atoms with van der Waals surface area (Å²) in [5, 5.41) is 0. The van der Waals surface area contributed by atoms with Gasteiger partial charge in [-0.2, -0.15) is 13.8 Å². The highest BCUT2D eigenvalue weighted by Gasteiger charge is 2.41. The Balaban J connectivity index is 1.84. The third kappa shape index (κ3) is 4.80. The number of methoxy groups -OCH3 is 1. The summed E-state index contributed by atoms with van der Waals surface area (Å²) in [4.78, 5) is 28.4. The van der Waals surface area contributed by atoms with E-state index in [1.807, 2.05) is 5.43 Å². The van der Waals surface area contributed by atoms with Crippen molar-refractivity contribution in [1.82, 2.24) is 10.4 Å². The predicted octanol–water partition coefficient (Wildman–Crippen LogP) is 3.76. The molecule has 3 rings (SSSR count). The predicted molar refractivity (Wildman–Crippen MR) is 107 cm³/mol. The molecule has 31 heavy (non-hydrogen) atoms. The summed E-state index contributed by atoms with van der Waals surface area (Å²) in [6.07, 6.45) is 0. The highest BCUT2D eigenvalue weighted by Crippen LogP contribution is 2.29. The number of hydrazine groups is 1. The number of benzene rings is 2. The van der Waals surface area contributed by atoms with Gasteiger partial charge in [0.15, 0.2) is 0 Å². The summed E-state index contributed by atoms with van der Waals surface area (Å²) >= 11 is 0. The standard InChI is InChI=1S/C21H19F2N3O5/c1-3-30-19(27)16-18(31-17(24-16)13-9-11-15(29-2)12-10-13)25-26-20(28)21(22,23)14-7-5-4-6-8-14/h4-12,25H,3H2,1-2H3,(H,26,28). The van der Waals surface area contributed by atoms with E-state index in [1.165, 1.54) is 19.2 Å². The number of nitrogens with zero attached hydrogens (tertiary/aromatic N) is 1. The molecule has 0 aliphatic rings. The topological polar surface area (TPSA) is 103 Å². The van der Waals surface area contributed by atoms with Crippen LogP contribution in [0.25, 0.3) is 11.5 Å². The number of aromatic nitrogens is 1. The second-order valence-electron chi connectivity index (χ2n) is 6.17. The van der Waals surface area contributed by atoms with E-state index >= 15 is 0 Å². The Kier molecular flexibility index (Phi) is 6.49. The molecule has 2 aromatic carbocycles. The Morgan fingerprint density at radius 3 is 2.39 bits per heavy atom. The molecule has 0 radical (unpaired) electrons. The molecule has 3 aromatic rings. The van der Waals surface area contributed by atoms with Crippen molar-refractivity contribution in [3.05, 3.63) is 65.9 Å². The van der Waals surface area contributed by atoms with Gasteiger partial charge in [-0.25, -0.2) is 4.79 Å². The van der Waals surface area contributed by atoms with Crippen LogP contribution in [0.3, 0.4) is 0 Å². The van der Waals surface area contributed by atoms with Crippen LogP contribution in [-0.2, 0) is 15.5 Å². The summed E-state index contributed by atoms with van der Waals surface area (Å²) in [5.74, 6) is -6.06. The lowest BCUT2D eigenvalue weighted by Crippen LogP contribution is -2.41. The Morgan fingerprint density at radius 2 is 1.77 bits per heavy atom. The normalized spacial score (nSPS) is 11.0. The first kappa shape index (κ1) is 21.8. The highest BCUT2D eigenvalue weighted by atomic mass is 19.3. The fourth-order valence-corrected chi connectivity index (χ4v) is 2.57. The van der Waals surface area contributed by atoms with E-state index in [2.05, 4.69) is 10.4 Å². The number of alkyl halides is 2. The van der Waals surface area contributed by atoms with Gasteiger partial charge < -0.3 is 13.9 Å². The van der Waals surface area contributed by atoms with Crippen molar-refractivity contribution in [2.24, 2.45) is 0 Å². The van der Waals surface area contributed by atoms with Crippen LogP contribution in [-0.4, -0.2) is 30.6 Å². The monoisotopic (exact) mass is 431 g/mol. The number of carbonyl (C=O) groups excluding carboxylic acids is 2. The maximum Gasteiger partial charge on any atom is 0.362 e. The molecule has 0 aliphatic heterocycles. The summed E-state index contributed by atoms with van der Waals surface area (Å²) < 4.78 is 44.2. The van der Waals surface area contributed by atoms with Crippen molar-refractivity contribution in [1.29, 1.82) is 0 Å². The van der Waals surface area contributed by atoms with Gasteiger partial charge in [0, 0.05) is 11.1 Å². The maximum atomic E-state index is 14.4. The minimum atomic E-state index is -3.82. The van der Waals surface area contributed by atoms with E-state index in [9.17, 15) is 18.4 Å². The van der Waals surface area contributed by atoms with Crippen molar-refractivity contribution < 1.29 is 32.3 Å². The van der Waals surface area contributed by atoms with Gasteiger partial charge in [-0.15, -0.1) is 0 Å². The molecule has 8 nitrogen and oxygen atoms in total. The van der Waals surface area contributed by atoms with Crippen molar-refractivity contribution in [3.8, 4) is 17.2 Å². The number of nitrogens with one attached hydrogen (secondary N) is 2. The molecule has 10 heteroatoms. The number of amides is 1. The number of halogens is 2. The van der Waals surface area contributed by atoms with Crippen molar-refractivity contribution in [3.63, 3.8) is 0 Å². The number of oxazole rings is 1. The van der Waals surface area contributed by atoms with Crippen LogP contribution in [0.5, 0.6) is 5.75 Å². The zero-order chi connectivity index (χ0) is 22.4. The molecule has 0 saturated heterocycles. The zero-order valence-electron chi connectivity index (χ0n) is 16.6. The van der Waals surface area contributed by atoms with E-state index in [4.69, 9.17) is 13.9 Å². The van der Waals surface area contributed by atoms with E-state index < -0.39 is 23.4 Å². The number of anilines is 1. The van der Waals surface area contributed by atoms with Crippen molar-refractivity contribution in [2.75, 3.05) is 19.1 Å². The molecule has 0 fully saturated rings. The molecule has 0 aliphatic carbocycles. The van der Waals surface area contributed by atoms with Crippen LogP contribution in [0, 0.1) is 0 Å². The zero-order valence-corrected chi connectivity index (χ0v) is 16.6. The summed E-state index contributed by atoms with van der Waals surface area (Å²) in [6, 6.07) is 13.1. The van der Waals surface area contributed by atoms with Crippen LogP contribution in [0.4, 0.5) is 14.7 Å². The second-order valence-corrected chi connectivity index (χ2v) is 6.17. The third-order valence-corrected chi connectivity index (χ3v) is 4.14. The first-order chi connectivity index (χ1) is 14.9. The Bertz CT molecular complexity index is 1050. The van der Waals surface area contributed by atoms with Crippen LogP contribution in [0.15, 0.2) is 59.0 Å². The first-order valence-electron chi connectivity index (χ1n) is 9.19.